The third kappa shape index (κ3) is 4.08. The maximum atomic E-state index is 13.1. The predicted molar refractivity (Wildman–Crippen MR) is 119 cm³/mol. The van der Waals surface area contributed by atoms with Crippen molar-refractivity contribution in [2.75, 3.05) is 25.0 Å². The first kappa shape index (κ1) is 20.1. The van der Waals surface area contributed by atoms with Crippen molar-refractivity contribution in [3.63, 3.8) is 0 Å². The van der Waals surface area contributed by atoms with Gasteiger partial charge in [-0.3, -0.25) is 18.9 Å². The molecule has 0 aliphatic carbocycles. The highest BCUT2D eigenvalue weighted by Crippen LogP contribution is 2.34. The Balaban J connectivity index is 1.71. The smallest absolute Gasteiger partial charge is 0.267 e. The number of fused-ring (bicyclic) bond motifs is 1. The molecular formula is C20H22N4O3S2. The number of nitrogens with zero attached hydrogens (tertiary/aromatic N) is 3. The molecule has 1 N–H and O–H groups in total. The average molecular weight is 431 g/mol. The number of rotatable bonds is 6. The lowest BCUT2D eigenvalue weighted by Crippen LogP contribution is -2.35. The molecule has 0 aromatic carbocycles. The van der Waals surface area contributed by atoms with Gasteiger partial charge in [0.05, 0.1) is 23.1 Å². The molecule has 2 aromatic rings. The zero-order chi connectivity index (χ0) is 20.4. The van der Waals surface area contributed by atoms with Gasteiger partial charge in [0.1, 0.15) is 15.8 Å². The molecule has 0 spiro atoms. The first-order chi connectivity index (χ1) is 14.1. The lowest BCUT2D eigenvalue weighted by Gasteiger charge is -2.18. The quantitative estimate of drug-likeness (QED) is 0.558. The summed E-state index contributed by atoms with van der Waals surface area (Å²) >= 11 is 6.63. The zero-order valence-corrected chi connectivity index (χ0v) is 17.7. The Kier molecular flexibility index (Phi) is 5.98. The number of carbonyl (C=O) groups is 1. The highest BCUT2D eigenvalue weighted by Gasteiger charge is 2.35. The number of hydrogen-bond acceptors (Lipinski definition) is 7. The second-order valence-corrected chi connectivity index (χ2v) is 8.64. The van der Waals surface area contributed by atoms with Crippen LogP contribution in [-0.2, 0) is 9.53 Å². The number of hydrogen-bond donors (Lipinski definition) is 1. The number of aromatic nitrogens is 2. The van der Waals surface area contributed by atoms with Gasteiger partial charge in [-0.25, -0.2) is 4.98 Å². The maximum absolute atomic E-state index is 13.1. The van der Waals surface area contributed by atoms with E-state index in [0.29, 0.717) is 39.3 Å². The van der Waals surface area contributed by atoms with E-state index in [1.807, 2.05) is 13.0 Å². The van der Waals surface area contributed by atoms with Gasteiger partial charge in [0, 0.05) is 19.3 Å². The molecule has 2 saturated heterocycles. The third-order valence-electron chi connectivity index (χ3n) is 4.87. The monoisotopic (exact) mass is 430 g/mol. The van der Waals surface area contributed by atoms with Gasteiger partial charge in [-0.2, -0.15) is 0 Å². The number of amides is 1. The molecular weight excluding hydrogens is 408 g/mol. The Morgan fingerprint density at radius 1 is 1.41 bits per heavy atom. The number of ether oxygens (including phenoxy) is 1. The SMILES string of the molecule is CCCNc1nc2ccccn2c(=O)c1/C=C1\SC(=S)N(CC2CCCO2)C1=O. The Morgan fingerprint density at radius 2 is 2.28 bits per heavy atom. The van der Waals surface area contributed by atoms with E-state index in [-0.39, 0.29) is 17.6 Å². The predicted octanol–water partition coefficient (Wildman–Crippen LogP) is 2.90. The molecule has 9 heteroatoms. The summed E-state index contributed by atoms with van der Waals surface area (Å²) in [6.07, 6.45) is 6.12. The molecule has 2 aromatic heterocycles. The molecule has 29 heavy (non-hydrogen) atoms. The summed E-state index contributed by atoms with van der Waals surface area (Å²) in [6.45, 7) is 3.90. The zero-order valence-electron chi connectivity index (χ0n) is 16.1. The summed E-state index contributed by atoms with van der Waals surface area (Å²) < 4.78 is 7.62. The fourth-order valence-electron chi connectivity index (χ4n) is 3.39. The van der Waals surface area contributed by atoms with Crippen LogP contribution in [-0.4, -0.2) is 50.3 Å². The number of anilines is 1. The largest absolute Gasteiger partial charge is 0.376 e. The van der Waals surface area contributed by atoms with Gasteiger partial charge < -0.3 is 10.1 Å². The normalized spacial score (nSPS) is 20.9. The van der Waals surface area contributed by atoms with Crippen LogP contribution in [0.2, 0.25) is 0 Å². The van der Waals surface area contributed by atoms with E-state index in [1.54, 1.807) is 29.3 Å². The van der Waals surface area contributed by atoms with Crippen LogP contribution in [0.4, 0.5) is 5.82 Å². The van der Waals surface area contributed by atoms with Crippen molar-refractivity contribution >= 4 is 51.7 Å². The van der Waals surface area contributed by atoms with Gasteiger partial charge in [0.2, 0.25) is 0 Å². The summed E-state index contributed by atoms with van der Waals surface area (Å²) in [5.41, 5.74) is 0.692. The van der Waals surface area contributed by atoms with Gasteiger partial charge in [-0.1, -0.05) is 37.0 Å². The molecule has 0 saturated carbocycles. The van der Waals surface area contributed by atoms with E-state index in [4.69, 9.17) is 17.0 Å². The number of pyridine rings is 1. The number of nitrogens with one attached hydrogen (secondary N) is 1. The highest BCUT2D eigenvalue weighted by atomic mass is 32.2. The average Bonchev–Trinajstić information content (AvgIpc) is 3.33. The molecule has 1 atom stereocenters. The molecule has 2 aliphatic heterocycles. The number of carbonyl (C=O) groups excluding carboxylic acids is 1. The lowest BCUT2D eigenvalue weighted by atomic mass is 10.2. The summed E-state index contributed by atoms with van der Waals surface area (Å²) in [6, 6.07) is 5.39. The molecule has 7 nitrogen and oxygen atoms in total. The first-order valence-electron chi connectivity index (χ1n) is 9.70. The van der Waals surface area contributed by atoms with E-state index < -0.39 is 0 Å². The summed E-state index contributed by atoms with van der Waals surface area (Å²) in [5, 5.41) is 3.21. The van der Waals surface area contributed by atoms with E-state index in [2.05, 4.69) is 10.3 Å². The van der Waals surface area contributed by atoms with Crippen LogP contribution in [0.1, 0.15) is 31.7 Å². The highest BCUT2D eigenvalue weighted by molar-refractivity contribution is 8.26. The molecule has 2 aliphatic rings. The minimum Gasteiger partial charge on any atom is -0.376 e. The Bertz CT molecular complexity index is 1040. The van der Waals surface area contributed by atoms with Crippen LogP contribution in [0, 0.1) is 0 Å². The fraction of sp³-hybridized carbons (Fsp3) is 0.400. The van der Waals surface area contributed by atoms with Crippen LogP contribution in [0.15, 0.2) is 34.1 Å². The van der Waals surface area contributed by atoms with E-state index in [1.165, 1.54) is 16.2 Å². The molecule has 4 rings (SSSR count). The van der Waals surface area contributed by atoms with Crippen molar-refractivity contribution in [1.29, 1.82) is 0 Å². The topological polar surface area (TPSA) is 75.9 Å². The molecule has 1 amide bonds. The molecule has 152 valence electrons. The van der Waals surface area contributed by atoms with Crippen molar-refractivity contribution < 1.29 is 9.53 Å². The molecule has 4 heterocycles. The Hall–Kier alpha value is -2.23. The van der Waals surface area contributed by atoms with Crippen LogP contribution in [0.3, 0.4) is 0 Å². The van der Waals surface area contributed by atoms with E-state index in [0.717, 1.165) is 25.9 Å². The van der Waals surface area contributed by atoms with Crippen molar-refractivity contribution in [3.05, 3.63) is 45.2 Å². The molecule has 0 bridgehead atoms. The van der Waals surface area contributed by atoms with Crippen LogP contribution in [0.5, 0.6) is 0 Å². The van der Waals surface area contributed by atoms with Crippen molar-refractivity contribution in [1.82, 2.24) is 14.3 Å². The second kappa shape index (κ2) is 8.64. The lowest BCUT2D eigenvalue weighted by molar-refractivity contribution is -0.123. The van der Waals surface area contributed by atoms with Gasteiger partial charge >= 0.3 is 0 Å². The second-order valence-electron chi connectivity index (χ2n) is 6.96. The summed E-state index contributed by atoms with van der Waals surface area (Å²) in [7, 11) is 0. The van der Waals surface area contributed by atoms with Crippen LogP contribution in [0.25, 0.3) is 11.7 Å². The van der Waals surface area contributed by atoms with Crippen molar-refractivity contribution in [3.8, 4) is 0 Å². The summed E-state index contributed by atoms with van der Waals surface area (Å²) in [5.74, 6) is 0.293. The Labute approximate surface area is 178 Å². The molecule has 0 radical (unpaired) electrons. The first-order valence-corrected chi connectivity index (χ1v) is 10.9. The maximum Gasteiger partial charge on any atom is 0.267 e. The standard InChI is InChI=1S/C20H22N4O3S2/c1-2-8-21-17-14(18(25)23-9-4-3-7-16(23)22-17)11-15-19(26)24(20(28)29-15)12-13-6-5-10-27-13/h3-4,7,9,11,13,21H,2,5-6,8,10,12H2,1H3/b15-11-. The molecule has 2 fully saturated rings. The van der Waals surface area contributed by atoms with Gasteiger partial charge in [-0.15, -0.1) is 0 Å². The van der Waals surface area contributed by atoms with Gasteiger partial charge in [0.25, 0.3) is 11.5 Å². The van der Waals surface area contributed by atoms with Crippen LogP contribution < -0.4 is 10.9 Å². The Morgan fingerprint density at radius 3 is 3.03 bits per heavy atom. The fourth-order valence-corrected chi connectivity index (χ4v) is 4.65. The van der Waals surface area contributed by atoms with Crippen molar-refractivity contribution in [2.24, 2.45) is 0 Å². The van der Waals surface area contributed by atoms with Gasteiger partial charge in [-0.05, 0) is 37.5 Å². The summed E-state index contributed by atoms with van der Waals surface area (Å²) in [4.78, 5) is 32.6. The van der Waals surface area contributed by atoms with E-state index in [9.17, 15) is 9.59 Å². The van der Waals surface area contributed by atoms with Gasteiger partial charge in [0.15, 0.2) is 0 Å². The van der Waals surface area contributed by atoms with E-state index >= 15 is 0 Å². The minimum atomic E-state index is -0.224. The number of thiocarbonyl (C=S) groups is 1. The molecule has 1 unspecified atom stereocenters. The van der Waals surface area contributed by atoms with Crippen LogP contribution >= 0.6 is 24.0 Å². The number of thioether (sulfide) groups is 1. The third-order valence-corrected chi connectivity index (χ3v) is 6.25. The van der Waals surface area contributed by atoms with Crippen molar-refractivity contribution in [2.45, 2.75) is 32.3 Å². The minimum absolute atomic E-state index is 0.0200.